The average molecular weight is 405 g/mol. The molecule has 4 nitrogen and oxygen atoms in total. The normalized spacial score (nSPS) is 17.3. The van der Waals surface area contributed by atoms with Gasteiger partial charge in [-0.2, -0.15) is 0 Å². The van der Waals surface area contributed by atoms with E-state index in [1.54, 1.807) is 18.2 Å². The topological polar surface area (TPSA) is 44.1 Å². The Morgan fingerprint density at radius 3 is 2.89 bits per heavy atom. The molecule has 1 saturated heterocycles. The van der Waals surface area contributed by atoms with E-state index in [0.29, 0.717) is 27.5 Å². The first-order valence-corrected chi connectivity index (χ1v) is 10.2. The quantitative estimate of drug-likeness (QED) is 0.461. The molecule has 3 aromatic rings. The monoisotopic (exact) mass is 404 g/mol. The number of benzene rings is 2. The van der Waals surface area contributed by atoms with Crippen LogP contribution in [0.3, 0.4) is 0 Å². The molecule has 7 heteroatoms. The summed E-state index contributed by atoms with van der Waals surface area (Å²) in [7, 11) is 0. The SMILES string of the molecule is O=c1c2ccccc2nc(SC[C@H]2CCCCO2)n1-c1ccc(F)c(Cl)c1. The minimum absolute atomic E-state index is 0.0286. The van der Waals surface area contributed by atoms with Crippen molar-refractivity contribution < 1.29 is 9.13 Å². The third-order valence-corrected chi connectivity index (χ3v) is 5.94. The number of ether oxygens (including phenoxy) is 1. The Bertz CT molecular complexity index is 1030. The highest BCUT2D eigenvalue weighted by molar-refractivity contribution is 7.99. The molecule has 1 aliphatic rings. The van der Waals surface area contributed by atoms with Crippen LogP contribution in [0, 0.1) is 5.82 Å². The van der Waals surface area contributed by atoms with Crippen molar-refractivity contribution in [3.8, 4) is 5.69 Å². The number of para-hydroxylation sites is 1. The second-order valence-electron chi connectivity index (χ2n) is 6.45. The van der Waals surface area contributed by atoms with E-state index in [2.05, 4.69) is 4.98 Å². The summed E-state index contributed by atoms with van der Waals surface area (Å²) in [6.07, 6.45) is 3.40. The summed E-state index contributed by atoms with van der Waals surface area (Å²) in [6, 6.07) is 11.5. The van der Waals surface area contributed by atoms with E-state index in [1.807, 2.05) is 12.1 Å². The van der Waals surface area contributed by atoms with Crippen molar-refractivity contribution in [3.63, 3.8) is 0 Å². The van der Waals surface area contributed by atoms with Gasteiger partial charge >= 0.3 is 0 Å². The van der Waals surface area contributed by atoms with Gasteiger partial charge in [0, 0.05) is 12.4 Å². The van der Waals surface area contributed by atoms with Crippen LogP contribution in [0.1, 0.15) is 19.3 Å². The minimum atomic E-state index is -0.521. The summed E-state index contributed by atoms with van der Waals surface area (Å²) >= 11 is 7.43. The van der Waals surface area contributed by atoms with Crippen LogP contribution in [0.25, 0.3) is 16.6 Å². The van der Waals surface area contributed by atoms with Crippen molar-refractivity contribution in [2.45, 2.75) is 30.5 Å². The molecule has 1 atom stereocenters. The molecular formula is C20H18ClFN2O2S. The lowest BCUT2D eigenvalue weighted by Gasteiger charge is -2.22. The number of aromatic nitrogens is 2. The molecule has 0 N–H and O–H groups in total. The molecule has 140 valence electrons. The van der Waals surface area contributed by atoms with Gasteiger partial charge in [-0.1, -0.05) is 35.5 Å². The fourth-order valence-electron chi connectivity index (χ4n) is 3.17. The number of hydrogen-bond donors (Lipinski definition) is 0. The second kappa shape index (κ2) is 8.00. The van der Waals surface area contributed by atoms with Gasteiger partial charge in [0.1, 0.15) is 5.82 Å². The van der Waals surface area contributed by atoms with Gasteiger partial charge in [-0.05, 0) is 49.6 Å². The summed E-state index contributed by atoms with van der Waals surface area (Å²) in [4.78, 5) is 17.8. The van der Waals surface area contributed by atoms with Gasteiger partial charge < -0.3 is 4.74 Å². The lowest BCUT2D eigenvalue weighted by Crippen LogP contribution is -2.24. The lowest BCUT2D eigenvalue weighted by molar-refractivity contribution is 0.0315. The van der Waals surface area contributed by atoms with Gasteiger partial charge in [0.15, 0.2) is 5.16 Å². The van der Waals surface area contributed by atoms with Gasteiger partial charge in [0.05, 0.1) is 27.7 Å². The summed E-state index contributed by atoms with van der Waals surface area (Å²) in [6.45, 7) is 0.775. The summed E-state index contributed by atoms with van der Waals surface area (Å²) in [5.41, 5.74) is 0.936. The first-order valence-electron chi connectivity index (χ1n) is 8.85. The maximum atomic E-state index is 13.6. The van der Waals surface area contributed by atoms with Gasteiger partial charge in [-0.15, -0.1) is 0 Å². The Balaban J connectivity index is 1.79. The first kappa shape index (κ1) is 18.5. The van der Waals surface area contributed by atoms with E-state index in [4.69, 9.17) is 16.3 Å². The molecule has 0 bridgehead atoms. The first-order chi connectivity index (χ1) is 13.1. The Kier molecular flexibility index (Phi) is 5.48. The van der Waals surface area contributed by atoms with Gasteiger partial charge in [-0.25, -0.2) is 9.37 Å². The molecule has 27 heavy (non-hydrogen) atoms. The van der Waals surface area contributed by atoms with Crippen molar-refractivity contribution in [1.82, 2.24) is 9.55 Å². The molecule has 2 heterocycles. The standard InChI is InChI=1S/C20H18ClFN2O2S/c21-16-11-13(8-9-17(16)22)24-19(25)15-6-1-2-7-18(15)23-20(24)27-12-14-5-3-4-10-26-14/h1-2,6-9,11,14H,3-5,10,12H2/t14-/m1/s1. The highest BCUT2D eigenvalue weighted by Crippen LogP contribution is 2.26. The van der Waals surface area contributed by atoms with Gasteiger partial charge in [0.25, 0.3) is 5.56 Å². The lowest BCUT2D eigenvalue weighted by atomic mass is 10.1. The Labute approximate surface area is 165 Å². The Hall–Kier alpha value is -1.89. The molecule has 0 aliphatic carbocycles. The van der Waals surface area contributed by atoms with E-state index >= 15 is 0 Å². The van der Waals surface area contributed by atoms with Crippen molar-refractivity contribution in [2.75, 3.05) is 12.4 Å². The van der Waals surface area contributed by atoms with Crippen molar-refractivity contribution in [1.29, 1.82) is 0 Å². The zero-order valence-corrected chi connectivity index (χ0v) is 16.1. The maximum absolute atomic E-state index is 13.6. The van der Waals surface area contributed by atoms with Crippen molar-refractivity contribution in [2.24, 2.45) is 0 Å². The molecular weight excluding hydrogens is 387 g/mol. The third-order valence-electron chi connectivity index (χ3n) is 4.58. The van der Waals surface area contributed by atoms with Crippen LogP contribution in [0.4, 0.5) is 4.39 Å². The molecule has 1 aromatic heterocycles. The van der Waals surface area contributed by atoms with Crippen LogP contribution < -0.4 is 5.56 Å². The average Bonchev–Trinajstić information content (AvgIpc) is 2.70. The van der Waals surface area contributed by atoms with Crippen LogP contribution >= 0.6 is 23.4 Å². The number of fused-ring (bicyclic) bond motifs is 1. The molecule has 0 spiro atoms. The molecule has 0 amide bonds. The predicted octanol–water partition coefficient (Wildman–Crippen LogP) is 4.84. The number of rotatable bonds is 4. The fourth-order valence-corrected chi connectivity index (χ4v) is 4.42. The minimum Gasteiger partial charge on any atom is -0.377 e. The Morgan fingerprint density at radius 2 is 2.11 bits per heavy atom. The zero-order valence-electron chi connectivity index (χ0n) is 14.5. The van der Waals surface area contributed by atoms with Gasteiger partial charge in [-0.3, -0.25) is 9.36 Å². The maximum Gasteiger partial charge on any atom is 0.266 e. The van der Waals surface area contributed by atoms with E-state index < -0.39 is 5.82 Å². The van der Waals surface area contributed by atoms with Crippen molar-refractivity contribution >= 4 is 34.3 Å². The highest BCUT2D eigenvalue weighted by atomic mass is 35.5. The summed E-state index contributed by atoms with van der Waals surface area (Å²) in [5.74, 6) is 0.187. The zero-order chi connectivity index (χ0) is 18.8. The van der Waals surface area contributed by atoms with Crippen molar-refractivity contribution in [3.05, 3.63) is 63.7 Å². The van der Waals surface area contributed by atoms with E-state index in [1.165, 1.54) is 28.5 Å². The molecule has 4 rings (SSSR count). The molecule has 0 radical (unpaired) electrons. The molecule has 1 aliphatic heterocycles. The predicted molar refractivity (Wildman–Crippen MR) is 107 cm³/mol. The molecule has 1 fully saturated rings. The van der Waals surface area contributed by atoms with E-state index in [0.717, 1.165) is 25.9 Å². The molecule has 0 saturated carbocycles. The number of hydrogen-bond acceptors (Lipinski definition) is 4. The smallest absolute Gasteiger partial charge is 0.266 e. The molecule has 2 aromatic carbocycles. The van der Waals surface area contributed by atoms with Crippen LogP contribution in [0.15, 0.2) is 52.4 Å². The third kappa shape index (κ3) is 3.88. The van der Waals surface area contributed by atoms with E-state index in [-0.39, 0.29) is 16.7 Å². The number of nitrogens with zero attached hydrogens (tertiary/aromatic N) is 2. The summed E-state index contributed by atoms with van der Waals surface area (Å²) in [5, 5.41) is 1.03. The summed E-state index contributed by atoms with van der Waals surface area (Å²) < 4.78 is 20.9. The van der Waals surface area contributed by atoms with E-state index in [9.17, 15) is 9.18 Å². The number of halogens is 2. The van der Waals surface area contributed by atoms with Gasteiger partial charge in [0.2, 0.25) is 0 Å². The Morgan fingerprint density at radius 1 is 1.26 bits per heavy atom. The number of thioether (sulfide) groups is 1. The van der Waals surface area contributed by atoms with Crippen LogP contribution in [-0.2, 0) is 4.74 Å². The van der Waals surface area contributed by atoms with Crippen LogP contribution in [0.2, 0.25) is 5.02 Å². The molecule has 0 unspecified atom stereocenters. The highest BCUT2D eigenvalue weighted by Gasteiger charge is 2.18. The van der Waals surface area contributed by atoms with Crippen LogP contribution in [-0.4, -0.2) is 28.0 Å². The largest absolute Gasteiger partial charge is 0.377 e. The fraction of sp³-hybridized carbons (Fsp3) is 0.300. The second-order valence-corrected chi connectivity index (χ2v) is 7.84. The van der Waals surface area contributed by atoms with Crippen LogP contribution in [0.5, 0.6) is 0 Å².